The highest BCUT2D eigenvalue weighted by Crippen LogP contribution is 2.39. The fourth-order valence-electron chi connectivity index (χ4n) is 1.81. The van der Waals surface area contributed by atoms with Crippen LogP contribution in [0, 0.1) is 0 Å². The van der Waals surface area contributed by atoms with Crippen LogP contribution >= 0.6 is 27.7 Å². The first kappa shape index (κ1) is 11.8. The van der Waals surface area contributed by atoms with E-state index in [1.54, 1.807) is 11.8 Å². The highest BCUT2D eigenvalue weighted by molar-refractivity contribution is 9.10. The topological polar surface area (TPSA) is 40.5 Å². The van der Waals surface area contributed by atoms with E-state index in [0.717, 1.165) is 21.6 Å². The van der Waals surface area contributed by atoms with Crippen LogP contribution in [-0.2, 0) is 4.79 Å². The van der Waals surface area contributed by atoms with Gasteiger partial charge in [-0.2, -0.15) is 0 Å². The van der Waals surface area contributed by atoms with Crippen LogP contribution in [0.4, 0.5) is 5.69 Å². The molecule has 1 N–H and O–H groups in total. The minimum atomic E-state index is -0.787. The van der Waals surface area contributed by atoms with Crippen LogP contribution in [0.25, 0.3) is 0 Å². The minimum Gasteiger partial charge on any atom is -0.480 e. The Morgan fingerprint density at radius 2 is 2.44 bits per heavy atom. The molecule has 0 bridgehead atoms. The van der Waals surface area contributed by atoms with Gasteiger partial charge in [0.15, 0.2) is 0 Å². The molecule has 0 aromatic heterocycles. The molecule has 86 valence electrons. The lowest BCUT2D eigenvalue weighted by Crippen LogP contribution is -2.37. The number of rotatable bonds is 2. The molecule has 1 aliphatic heterocycles. The number of aliphatic carboxylic acids is 1. The SMILES string of the molecule is CC1CN(CC(=O)O)c2cc(Br)ccc2S1. The molecule has 1 unspecified atom stereocenters. The summed E-state index contributed by atoms with van der Waals surface area (Å²) in [7, 11) is 0. The van der Waals surface area contributed by atoms with Crippen LogP contribution in [-0.4, -0.2) is 29.4 Å². The van der Waals surface area contributed by atoms with Crippen LogP contribution in [0.1, 0.15) is 6.92 Å². The molecule has 5 heteroatoms. The molecule has 0 spiro atoms. The van der Waals surface area contributed by atoms with Crippen LogP contribution in [0.5, 0.6) is 0 Å². The van der Waals surface area contributed by atoms with Crippen molar-refractivity contribution in [3.8, 4) is 0 Å². The number of anilines is 1. The highest BCUT2D eigenvalue weighted by Gasteiger charge is 2.23. The summed E-state index contributed by atoms with van der Waals surface area (Å²) in [5, 5.41) is 9.31. The van der Waals surface area contributed by atoms with Crippen molar-refractivity contribution in [1.29, 1.82) is 0 Å². The maximum atomic E-state index is 10.8. The van der Waals surface area contributed by atoms with Crippen LogP contribution in [0.2, 0.25) is 0 Å². The molecule has 0 radical (unpaired) electrons. The molecule has 0 saturated heterocycles. The molecular formula is C11H12BrNO2S. The molecular weight excluding hydrogens is 290 g/mol. The number of carboxylic acid groups (broad SMARTS) is 1. The summed E-state index contributed by atoms with van der Waals surface area (Å²) in [4.78, 5) is 13.9. The second kappa shape index (κ2) is 4.67. The van der Waals surface area contributed by atoms with Gasteiger partial charge in [-0.15, -0.1) is 11.8 Å². The average molecular weight is 302 g/mol. The Kier molecular flexibility index (Phi) is 3.44. The zero-order valence-electron chi connectivity index (χ0n) is 8.81. The summed E-state index contributed by atoms with van der Waals surface area (Å²) in [6.45, 7) is 2.96. The Labute approximate surface area is 107 Å². The Morgan fingerprint density at radius 1 is 1.69 bits per heavy atom. The quantitative estimate of drug-likeness (QED) is 0.912. The Balaban J connectivity index is 2.35. The molecule has 1 aliphatic rings. The molecule has 0 fully saturated rings. The van der Waals surface area contributed by atoms with E-state index in [4.69, 9.17) is 5.11 Å². The van der Waals surface area contributed by atoms with Crippen molar-refractivity contribution < 1.29 is 9.90 Å². The Morgan fingerprint density at radius 3 is 3.12 bits per heavy atom. The van der Waals surface area contributed by atoms with E-state index in [-0.39, 0.29) is 6.54 Å². The van der Waals surface area contributed by atoms with E-state index in [9.17, 15) is 4.79 Å². The summed E-state index contributed by atoms with van der Waals surface area (Å²) in [6.07, 6.45) is 0. The summed E-state index contributed by atoms with van der Waals surface area (Å²) in [5.74, 6) is -0.787. The van der Waals surface area contributed by atoms with E-state index < -0.39 is 5.97 Å². The van der Waals surface area contributed by atoms with Gasteiger partial charge >= 0.3 is 5.97 Å². The predicted molar refractivity (Wildman–Crippen MR) is 69.3 cm³/mol. The highest BCUT2D eigenvalue weighted by atomic mass is 79.9. The maximum absolute atomic E-state index is 10.8. The lowest BCUT2D eigenvalue weighted by Gasteiger charge is -2.33. The van der Waals surface area contributed by atoms with Gasteiger partial charge in [0.25, 0.3) is 0 Å². The molecule has 1 aromatic rings. The van der Waals surface area contributed by atoms with Gasteiger partial charge in [0.05, 0.1) is 5.69 Å². The molecule has 0 amide bonds. The lowest BCUT2D eigenvalue weighted by atomic mass is 10.2. The van der Waals surface area contributed by atoms with Crippen molar-refractivity contribution in [3.05, 3.63) is 22.7 Å². The summed E-state index contributed by atoms with van der Waals surface area (Å²) >= 11 is 5.21. The molecule has 3 nitrogen and oxygen atoms in total. The number of hydrogen-bond acceptors (Lipinski definition) is 3. The molecule has 2 rings (SSSR count). The third-order valence-corrected chi connectivity index (χ3v) is 4.04. The summed E-state index contributed by atoms with van der Waals surface area (Å²) in [5.41, 5.74) is 1.01. The zero-order chi connectivity index (χ0) is 11.7. The smallest absolute Gasteiger partial charge is 0.323 e. The molecule has 16 heavy (non-hydrogen) atoms. The first-order valence-corrected chi connectivity index (χ1v) is 6.66. The minimum absolute atomic E-state index is 0.0638. The standard InChI is InChI=1S/C11H12BrNO2S/c1-7-5-13(6-11(14)15)9-4-8(12)2-3-10(9)16-7/h2-4,7H,5-6H2,1H3,(H,14,15). The van der Waals surface area contributed by atoms with Crippen molar-refractivity contribution in [2.24, 2.45) is 0 Å². The van der Waals surface area contributed by atoms with Gasteiger partial charge in [-0.25, -0.2) is 0 Å². The van der Waals surface area contributed by atoms with Gasteiger partial charge in [0.1, 0.15) is 6.54 Å². The number of carboxylic acids is 1. The monoisotopic (exact) mass is 301 g/mol. The number of halogens is 1. The van der Waals surface area contributed by atoms with Crippen molar-refractivity contribution in [2.75, 3.05) is 18.0 Å². The van der Waals surface area contributed by atoms with Crippen molar-refractivity contribution in [2.45, 2.75) is 17.1 Å². The normalized spacial score (nSPS) is 19.4. The number of carbonyl (C=O) groups is 1. The lowest BCUT2D eigenvalue weighted by molar-refractivity contribution is -0.135. The van der Waals surface area contributed by atoms with Gasteiger partial charge in [-0.1, -0.05) is 22.9 Å². The predicted octanol–water partition coefficient (Wildman–Crippen LogP) is 2.83. The van der Waals surface area contributed by atoms with Crippen molar-refractivity contribution in [1.82, 2.24) is 0 Å². The van der Waals surface area contributed by atoms with Gasteiger partial charge < -0.3 is 10.0 Å². The summed E-state index contributed by atoms with van der Waals surface area (Å²) in [6, 6.07) is 6.01. The maximum Gasteiger partial charge on any atom is 0.323 e. The van der Waals surface area contributed by atoms with Gasteiger partial charge in [-0.3, -0.25) is 4.79 Å². The van der Waals surface area contributed by atoms with Gasteiger partial charge in [0.2, 0.25) is 0 Å². The van der Waals surface area contributed by atoms with E-state index in [2.05, 4.69) is 22.9 Å². The van der Waals surface area contributed by atoms with Crippen molar-refractivity contribution in [3.63, 3.8) is 0 Å². The van der Waals surface area contributed by atoms with Crippen LogP contribution in [0.3, 0.4) is 0 Å². The average Bonchev–Trinajstić information content (AvgIpc) is 2.18. The van der Waals surface area contributed by atoms with Crippen LogP contribution in [0.15, 0.2) is 27.6 Å². The molecule has 0 saturated carbocycles. The largest absolute Gasteiger partial charge is 0.480 e. The summed E-state index contributed by atoms with van der Waals surface area (Å²) < 4.78 is 0.983. The first-order valence-electron chi connectivity index (χ1n) is 4.99. The molecule has 0 aliphatic carbocycles. The Hall–Kier alpha value is -0.680. The number of benzene rings is 1. The van der Waals surface area contributed by atoms with E-state index in [0.29, 0.717) is 5.25 Å². The third-order valence-electron chi connectivity index (χ3n) is 2.39. The van der Waals surface area contributed by atoms with Crippen molar-refractivity contribution >= 4 is 39.3 Å². The van der Waals surface area contributed by atoms with E-state index in [1.165, 1.54) is 0 Å². The molecule has 1 aromatic carbocycles. The first-order chi connectivity index (χ1) is 7.56. The third kappa shape index (κ3) is 2.52. The number of hydrogen-bond donors (Lipinski definition) is 1. The number of thioether (sulfide) groups is 1. The number of nitrogens with zero attached hydrogens (tertiary/aromatic N) is 1. The van der Waals surface area contributed by atoms with Crippen LogP contribution < -0.4 is 4.90 Å². The molecule has 1 atom stereocenters. The number of fused-ring (bicyclic) bond motifs is 1. The fraction of sp³-hybridized carbons (Fsp3) is 0.364. The second-order valence-electron chi connectivity index (χ2n) is 3.81. The molecule has 1 heterocycles. The van der Waals surface area contributed by atoms with E-state index >= 15 is 0 Å². The Bertz CT molecular complexity index is 424. The van der Waals surface area contributed by atoms with E-state index in [1.807, 2.05) is 23.1 Å². The van der Waals surface area contributed by atoms with Gasteiger partial charge in [0, 0.05) is 21.2 Å². The van der Waals surface area contributed by atoms with Gasteiger partial charge in [-0.05, 0) is 18.2 Å². The zero-order valence-corrected chi connectivity index (χ0v) is 11.2. The second-order valence-corrected chi connectivity index (χ2v) is 6.21. The fourth-order valence-corrected chi connectivity index (χ4v) is 3.31.